The van der Waals surface area contributed by atoms with Crippen LogP contribution in [0.5, 0.6) is 0 Å². The van der Waals surface area contributed by atoms with Gasteiger partial charge in [0.1, 0.15) is 0 Å². The number of amides is 2. The third kappa shape index (κ3) is 5.59. The molecule has 0 bridgehead atoms. The number of nitrogens with zero attached hydrogens (tertiary/aromatic N) is 1. The molecule has 0 saturated carbocycles. The van der Waals surface area contributed by atoms with Gasteiger partial charge in [-0.1, -0.05) is 0 Å². The monoisotopic (exact) mass is 269 g/mol. The summed E-state index contributed by atoms with van der Waals surface area (Å²) in [4.78, 5) is 25.5. The number of carbonyl (C=O) groups is 2. The van der Waals surface area contributed by atoms with Gasteiger partial charge in [0.2, 0.25) is 11.8 Å². The molecule has 1 rings (SSSR count). The third-order valence-corrected chi connectivity index (χ3v) is 3.46. The van der Waals surface area contributed by atoms with Crippen molar-refractivity contribution >= 4 is 11.8 Å². The van der Waals surface area contributed by atoms with Gasteiger partial charge in [0, 0.05) is 38.0 Å². The summed E-state index contributed by atoms with van der Waals surface area (Å²) in [5, 5.41) is 2.83. The first kappa shape index (κ1) is 16.0. The van der Waals surface area contributed by atoms with E-state index in [1.807, 2.05) is 18.7 Å². The first-order valence-corrected chi connectivity index (χ1v) is 7.33. The van der Waals surface area contributed by atoms with Crippen LogP contribution >= 0.6 is 0 Å². The molecule has 110 valence electrons. The molecule has 19 heavy (non-hydrogen) atoms. The summed E-state index contributed by atoms with van der Waals surface area (Å²) in [5.41, 5.74) is 5.71. The zero-order chi connectivity index (χ0) is 14.3. The number of rotatable bonds is 6. The van der Waals surface area contributed by atoms with Crippen molar-refractivity contribution in [3.63, 3.8) is 0 Å². The summed E-state index contributed by atoms with van der Waals surface area (Å²) in [6, 6.07) is 0.359. The van der Waals surface area contributed by atoms with Gasteiger partial charge in [0.25, 0.3) is 0 Å². The maximum Gasteiger partial charge on any atom is 0.222 e. The largest absolute Gasteiger partial charge is 0.354 e. The van der Waals surface area contributed by atoms with Crippen molar-refractivity contribution in [2.24, 2.45) is 5.73 Å². The van der Waals surface area contributed by atoms with Crippen LogP contribution in [0.4, 0.5) is 0 Å². The van der Waals surface area contributed by atoms with Gasteiger partial charge in [-0.15, -0.1) is 0 Å². The number of likely N-dealkylation sites (tertiary alicyclic amines) is 1. The maximum absolute atomic E-state index is 12.1. The zero-order valence-electron chi connectivity index (χ0n) is 12.2. The van der Waals surface area contributed by atoms with Crippen molar-refractivity contribution in [3.05, 3.63) is 0 Å². The van der Waals surface area contributed by atoms with Crippen molar-refractivity contribution < 1.29 is 9.59 Å². The normalized spacial score (nSPS) is 19.6. The highest BCUT2D eigenvalue weighted by Gasteiger charge is 2.24. The molecule has 1 saturated heterocycles. The quantitative estimate of drug-likeness (QED) is 0.756. The van der Waals surface area contributed by atoms with Crippen LogP contribution in [0.3, 0.4) is 0 Å². The van der Waals surface area contributed by atoms with Crippen molar-refractivity contribution in [2.45, 2.75) is 64.5 Å². The molecular weight excluding hydrogens is 242 g/mol. The zero-order valence-corrected chi connectivity index (χ0v) is 12.2. The molecule has 0 aromatic heterocycles. The Morgan fingerprint density at radius 1 is 1.32 bits per heavy atom. The fraction of sp³-hybridized carbons (Fsp3) is 0.857. The van der Waals surface area contributed by atoms with Crippen LogP contribution in [0.2, 0.25) is 0 Å². The molecule has 5 nitrogen and oxygen atoms in total. The summed E-state index contributed by atoms with van der Waals surface area (Å²) in [6.45, 7) is 5.23. The predicted molar refractivity (Wildman–Crippen MR) is 75.5 cm³/mol. The number of hydrogen-bond acceptors (Lipinski definition) is 3. The van der Waals surface area contributed by atoms with Crippen LogP contribution in [0.15, 0.2) is 0 Å². The van der Waals surface area contributed by atoms with Gasteiger partial charge < -0.3 is 16.0 Å². The van der Waals surface area contributed by atoms with Gasteiger partial charge in [-0.25, -0.2) is 0 Å². The molecule has 3 N–H and O–H groups in total. The minimum atomic E-state index is 0.0248. The highest BCUT2D eigenvalue weighted by Crippen LogP contribution is 2.17. The van der Waals surface area contributed by atoms with Crippen molar-refractivity contribution in [3.8, 4) is 0 Å². The Morgan fingerprint density at radius 2 is 2.05 bits per heavy atom. The summed E-state index contributed by atoms with van der Waals surface area (Å²) < 4.78 is 0. The van der Waals surface area contributed by atoms with Crippen LogP contribution in [0, 0.1) is 0 Å². The Hall–Kier alpha value is -1.10. The topological polar surface area (TPSA) is 75.4 Å². The number of hydrogen-bond donors (Lipinski definition) is 2. The van der Waals surface area contributed by atoms with Crippen LogP contribution in [0.25, 0.3) is 0 Å². The van der Waals surface area contributed by atoms with Crippen LogP contribution in [-0.4, -0.2) is 41.9 Å². The van der Waals surface area contributed by atoms with E-state index in [0.29, 0.717) is 25.8 Å². The molecule has 0 spiro atoms. The molecule has 1 fully saturated rings. The standard InChI is InChI=1S/C14H27N3O2/c1-11(2)16-13(18)7-5-8-14(19)17-9-4-3-6-12(17)10-15/h11-12H,3-10,15H2,1-2H3,(H,16,18). The molecule has 1 atom stereocenters. The molecule has 0 radical (unpaired) electrons. The molecule has 1 heterocycles. The van der Waals surface area contributed by atoms with Crippen molar-refractivity contribution in [2.75, 3.05) is 13.1 Å². The molecule has 0 aromatic rings. The summed E-state index contributed by atoms with van der Waals surface area (Å²) in [6.07, 6.45) is 4.72. The van der Waals surface area contributed by atoms with Gasteiger partial charge >= 0.3 is 0 Å². The maximum atomic E-state index is 12.1. The lowest BCUT2D eigenvalue weighted by Gasteiger charge is -2.35. The average Bonchev–Trinajstić information content (AvgIpc) is 2.37. The smallest absolute Gasteiger partial charge is 0.222 e. The number of carbonyl (C=O) groups excluding carboxylic acids is 2. The van der Waals surface area contributed by atoms with E-state index in [0.717, 1.165) is 25.8 Å². The number of nitrogens with two attached hydrogens (primary N) is 1. The summed E-state index contributed by atoms with van der Waals surface area (Å²) in [7, 11) is 0. The summed E-state index contributed by atoms with van der Waals surface area (Å²) >= 11 is 0. The van der Waals surface area contributed by atoms with Gasteiger partial charge in [-0.3, -0.25) is 9.59 Å². The number of piperidine rings is 1. The second-order valence-corrected chi connectivity index (χ2v) is 5.55. The van der Waals surface area contributed by atoms with Crippen molar-refractivity contribution in [1.29, 1.82) is 0 Å². The lowest BCUT2D eigenvalue weighted by atomic mass is 10.0. The Bertz CT molecular complexity index is 305. The SMILES string of the molecule is CC(C)NC(=O)CCCC(=O)N1CCCCC1CN. The molecule has 2 amide bonds. The van der Waals surface area contributed by atoms with Crippen LogP contribution < -0.4 is 11.1 Å². The van der Waals surface area contributed by atoms with Gasteiger partial charge in [0.05, 0.1) is 0 Å². The average molecular weight is 269 g/mol. The van der Waals surface area contributed by atoms with Crippen molar-refractivity contribution in [1.82, 2.24) is 10.2 Å². The highest BCUT2D eigenvalue weighted by molar-refractivity contribution is 5.79. The van der Waals surface area contributed by atoms with E-state index in [1.54, 1.807) is 0 Å². The molecule has 0 aliphatic carbocycles. The Balaban J connectivity index is 2.28. The van der Waals surface area contributed by atoms with E-state index in [2.05, 4.69) is 5.32 Å². The van der Waals surface area contributed by atoms with Gasteiger partial charge in [0.15, 0.2) is 0 Å². The second-order valence-electron chi connectivity index (χ2n) is 5.55. The van der Waals surface area contributed by atoms with E-state index < -0.39 is 0 Å². The van der Waals surface area contributed by atoms with E-state index in [9.17, 15) is 9.59 Å². The predicted octanol–water partition coefficient (Wildman–Crippen LogP) is 1.02. The molecule has 0 aromatic carbocycles. The molecule has 1 aliphatic rings. The van der Waals surface area contributed by atoms with Crippen LogP contribution in [-0.2, 0) is 9.59 Å². The van der Waals surface area contributed by atoms with E-state index in [1.165, 1.54) is 0 Å². The minimum absolute atomic E-state index is 0.0248. The highest BCUT2D eigenvalue weighted by atomic mass is 16.2. The second kappa shape index (κ2) is 8.15. The fourth-order valence-electron chi connectivity index (χ4n) is 2.51. The first-order valence-electron chi connectivity index (χ1n) is 7.33. The first-order chi connectivity index (χ1) is 9.04. The fourth-order valence-corrected chi connectivity index (χ4v) is 2.51. The Labute approximate surface area is 115 Å². The Kier molecular flexibility index (Phi) is 6.84. The van der Waals surface area contributed by atoms with E-state index in [-0.39, 0.29) is 23.9 Å². The lowest BCUT2D eigenvalue weighted by Crippen LogP contribution is -2.47. The minimum Gasteiger partial charge on any atom is -0.354 e. The lowest BCUT2D eigenvalue weighted by molar-refractivity contribution is -0.134. The van der Waals surface area contributed by atoms with Crippen LogP contribution in [0.1, 0.15) is 52.4 Å². The molecule has 1 unspecified atom stereocenters. The summed E-state index contributed by atoms with van der Waals surface area (Å²) in [5.74, 6) is 0.171. The van der Waals surface area contributed by atoms with Gasteiger partial charge in [-0.05, 0) is 39.5 Å². The van der Waals surface area contributed by atoms with Gasteiger partial charge in [-0.2, -0.15) is 0 Å². The molecule has 1 aliphatic heterocycles. The third-order valence-electron chi connectivity index (χ3n) is 3.46. The molecule has 5 heteroatoms. The van der Waals surface area contributed by atoms with E-state index >= 15 is 0 Å². The number of nitrogens with one attached hydrogen (secondary N) is 1. The Morgan fingerprint density at radius 3 is 2.68 bits per heavy atom. The van der Waals surface area contributed by atoms with E-state index in [4.69, 9.17) is 5.73 Å². The molecular formula is C14H27N3O2.